The highest BCUT2D eigenvalue weighted by Gasteiger charge is 2.37. The van der Waals surface area contributed by atoms with Crippen molar-refractivity contribution in [2.75, 3.05) is 18.8 Å². The van der Waals surface area contributed by atoms with Crippen molar-refractivity contribution in [1.82, 2.24) is 19.9 Å². The number of pyridine rings is 1. The summed E-state index contributed by atoms with van der Waals surface area (Å²) < 4.78 is 41.2. The number of nitrogens with zero attached hydrogens (tertiary/aromatic N) is 4. The van der Waals surface area contributed by atoms with Crippen LogP contribution in [0.5, 0.6) is 0 Å². The molecule has 2 aliphatic rings. The van der Waals surface area contributed by atoms with E-state index in [1.54, 1.807) is 6.92 Å². The van der Waals surface area contributed by atoms with Crippen LogP contribution in [0.3, 0.4) is 0 Å². The number of hydrogen-bond acceptors (Lipinski definition) is 5. The van der Waals surface area contributed by atoms with Crippen molar-refractivity contribution in [1.29, 1.82) is 0 Å². The molecule has 30 heavy (non-hydrogen) atoms. The molecule has 0 unspecified atom stereocenters. The lowest BCUT2D eigenvalue weighted by atomic mass is 9.86. The van der Waals surface area contributed by atoms with Crippen LogP contribution in [0.25, 0.3) is 11.0 Å². The molecule has 6 nitrogen and oxygen atoms in total. The second kappa shape index (κ2) is 8.00. The van der Waals surface area contributed by atoms with E-state index in [2.05, 4.69) is 15.0 Å². The Balaban J connectivity index is 1.57. The maximum Gasteiger partial charge on any atom is 0.417 e. The molecule has 9 heteroatoms. The molecule has 1 saturated heterocycles. The number of hydrogen-bond donors (Lipinski definition) is 1. The van der Waals surface area contributed by atoms with Gasteiger partial charge in [0.1, 0.15) is 11.6 Å². The van der Waals surface area contributed by atoms with Crippen LogP contribution in [0.1, 0.15) is 67.9 Å². The van der Waals surface area contributed by atoms with Crippen LogP contribution in [0.2, 0.25) is 0 Å². The molecule has 3 heterocycles. The number of fused-ring (bicyclic) bond motifs is 1. The van der Waals surface area contributed by atoms with Gasteiger partial charge in [0.25, 0.3) is 0 Å². The number of nitrogen functional groups attached to an aromatic ring is 1. The molecule has 2 aromatic rings. The van der Waals surface area contributed by atoms with Crippen molar-refractivity contribution in [2.24, 2.45) is 5.92 Å². The molecular formula is C21H26F3N5O. The van der Waals surface area contributed by atoms with Crippen molar-refractivity contribution < 1.29 is 18.0 Å². The first-order valence-electron chi connectivity index (χ1n) is 10.5. The van der Waals surface area contributed by atoms with Crippen molar-refractivity contribution in [3.8, 4) is 0 Å². The number of amides is 1. The van der Waals surface area contributed by atoms with Gasteiger partial charge in [-0.2, -0.15) is 13.2 Å². The van der Waals surface area contributed by atoms with Gasteiger partial charge in [-0.05, 0) is 38.7 Å². The molecule has 2 aromatic heterocycles. The number of alkyl halides is 3. The fraction of sp³-hybridized carbons (Fsp3) is 0.619. The van der Waals surface area contributed by atoms with E-state index in [-0.39, 0.29) is 40.4 Å². The van der Waals surface area contributed by atoms with Gasteiger partial charge in [0, 0.05) is 30.6 Å². The Kier molecular flexibility index (Phi) is 5.55. The van der Waals surface area contributed by atoms with Crippen LogP contribution in [0.4, 0.5) is 19.0 Å². The van der Waals surface area contributed by atoms with Crippen molar-refractivity contribution in [3.63, 3.8) is 0 Å². The van der Waals surface area contributed by atoms with Crippen molar-refractivity contribution >= 4 is 22.8 Å². The van der Waals surface area contributed by atoms with E-state index in [0.717, 1.165) is 31.7 Å². The first kappa shape index (κ1) is 20.8. The predicted octanol–water partition coefficient (Wildman–Crippen LogP) is 4.22. The van der Waals surface area contributed by atoms with E-state index in [1.807, 2.05) is 4.90 Å². The Morgan fingerprint density at radius 1 is 1.07 bits per heavy atom. The van der Waals surface area contributed by atoms with E-state index < -0.39 is 11.7 Å². The first-order chi connectivity index (χ1) is 14.2. The fourth-order valence-electron chi connectivity index (χ4n) is 4.73. The van der Waals surface area contributed by atoms with Gasteiger partial charge in [-0.15, -0.1) is 0 Å². The van der Waals surface area contributed by atoms with Crippen LogP contribution in [-0.2, 0) is 11.0 Å². The summed E-state index contributed by atoms with van der Waals surface area (Å²) in [5.74, 6) is 0.227. The Bertz CT molecular complexity index is 948. The predicted molar refractivity (Wildman–Crippen MR) is 107 cm³/mol. The Morgan fingerprint density at radius 3 is 2.37 bits per heavy atom. The van der Waals surface area contributed by atoms with Gasteiger partial charge in [0.05, 0.1) is 10.9 Å². The quantitative estimate of drug-likeness (QED) is 0.785. The third-order valence-electron chi connectivity index (χ3n) is 6.31. The molecule has 162 valence electrons. The minimum absolute atomic E-state index is 0.0227. The van der Waals surface area contributed by atoms with Crippen LogP contribution in [0, 0.1) is 12.8 Å². The van der Waals surface area contributed by atoms with Crippen LogP contribution < -0.4 is 5.73 Å². The molecule has 1 aliphatic heterocycles. The lowest BCUT2D eigenvalue weighted by Crippen LogP contribution is -2.42. The average molecular weight is 421 g/mol. The summed E-state index contributed by atoms with van der Waals surface area (Å²) in [5.41, 5.74) is 5.26. The lowest BCUT2D eigenvalue weighted by molar-refractivity contribution is -0.137. The fourth-order valence-corrected chi connectivity index (χ4v) is 4.73. The van der Waals surface area contributed by atoms with E-state index in [1.165, 1.54) is 6.42 Å². The maximum atomic E-state index is 13.7. The Morgan fingerprint density at radius 2 is 1.73 bits per heavy atom. The van der Waals surface area contributed by atoms with Crippen molar-refractivity contribution in [2.45, 2.75) is 64.0 Å². The number of anilines is 1. The number of halogens is 3. The monoisotopic (exact) mass is 421 g/mol. The smallest absolute Gasteiger partial charge is 0.383 e. The number of aryl methyl sites for hydroxylation is 1. The summed E-state index contributed by atoms with van der Waals surface area (Å²) in [6, 6.07) is 1.08. The van der Waals surface area contributed by atoms with Crippen LogP contribution in [-0.4, -0.2) is 38.8 Å². The van der Waals surface area contributed by atoms with Gasteiger partial charge in [-0.1, -0.05) is 19.3 Å². The first-order valence-corrected chi connectivity index (χ1v) is 10.5. The van der Waals surface area contributed by atoms with E-state index in [0.29, 0.717) is 31.6 Å². The summed E-state index contributed by atoms with van der Waals surface area (Å²) in [4.78, 5) is 27.0. The standard InChI is InChI=1S/C21H26F3N5O/c1-12-26-18(25)17-15(21(22,23)24)11-16(28-19(17)27-12)13-7-9-29(10-8-13)20(30)14-5-3-2-4-6-14/h11,13-14H,2-10H2,1H3,(H2,25,26,27,28). The summed E-state index contributed by atoms with van der Waals surface area (Å²) >= 11 is 0. The van der Waals surface area contributed by atoms with Gasteiger partial charge < -0.3 is 10.6 Å². The highest BCUT2D eigenvalue weighted by molar-refractivity contribution is 5.89. The molecule has 1 aliphatic carbocycles. The molecule has 0 atom stereocenters. The van der Waals surface area contributed by atoms with Crippen LogP contribution >= 0.6 is 0 Å². The second-order valence-electron chi connectivity index (χ2n) is 8.38. The zero-order chi connectivity index (χ0) is 21.5. The molecule has 1 amide bonds. The number of carbonyl (C=O) groups excluding carboxylic acids is 1. The van der Waals surface area contributed by atoms with Crippen molar-refractivity contribution in [3.05, 3.63) is 23.1 Å². The van der Waals surface area contributed by atoms with Gasteiger partial charge in [-0.3, -0.25) is 4.79 Å². The molecular weight excluding hydrogens is 395 g/mol. The largest absolute Gasteiger partial charge is 0.417 e. The van der Waals surface area contributed by atoms with Gasteiger partial charge >= 0.3 is 6.18 Å². The summed E-state index contributed by atoms with van der Waals surface area (Å²) in [6.07, 6.45) is 1.87. The zero-order valence-corrected chi connectivity index (χ0v) is 17.0. The number of aromatic nitrogens is 3. The molecule has 2 N–H and O–H groups in total. The highest BCUT2D eigenvalue weighted by Crippen LogP contribution is 2.39. The Hall–Kier alpha value is -2.45. The number of carbonyl (C=O) groups is 1. The normalized spacial score (nSPS) is 19.4. The van der Waals surface area contributed by atoms with Crippen LogP contribution in [0.15, 0.2) is 6.07 Å². The summed E-state index contributed by atoms with van der Waals surface area (Å²) in [5, 5.41) is -0.248. The maximum absolute atomic E-state index is 13.7. The lowest BCUT2D eigenvalue weighted by Gasteiger charge is -2.35. The minimum Gasteiger partial charge on any atom is -0.383 e. The number of rotatable bonds is 2. The third-order valence-corrected chi connectivity index (χ3v) is 6.31. The molecule has 0 bridgehead atoms. The zero-order valence-electron chi connectivity index (χ0n) is 17.0. The molecule has 0 spiro atoms. The topological polar surface area (TPSA) is 85.0 Å². The number of nitrogens with two attached hydrogens (primary N) is 1. The number of piperidine rings is 1. The summed E-state index contributed by atoms with van der Waals surface area (Å²) in [6.45, 7) is 2.67. The SMILES string of the molecule is Cc1nc(N)c2c(C(F)(F)F)cc(C3CCN(C(=O)C4CCCCC4)CC3)nc2n1. The third kappa shape index (κ3) is 4.06. The molecule has 4 rings (SSSR count). The molecule has 0 radical (unpaired) electrons. The minimum atomic E-state index is -4.58. The number of likely N-dealkylation sites (tertiary alicyclic amines) is 1. The molecule has 0 aromatic carbocycles. The van der Waals surface area contributed by atoms with Gasteiger partial charge in [0.15, 0.2) is 5.65 Å². The molecule has 1 saturated carbocycles. The highest BCUT2D eigenvalue weighted by atomic mass is 19.4. The summed E-state index contributed by atoms with van der Waals surface area (Å²) in [7, 11) is 0. The molecule has 2 fully saturated rings. The van der Waals surface area contributed by atoms with Gasteiger partial charge in [-0.25, -0.2) is 15.0 Å². The Labute approximate surface area is 173 Å². The van der Waals surface area contributed by atoms with E-state index >= 15 is 0 Å². The average Bonchev–Trinajstić information content (AvgIpc) is 2.72. The van der Waals surface area contributed by atoms with E-state index in [9.17, 15) is 18.0 Å². The second-order valence-corrected chi connectivity index (χ2v) is 8.38. The van der Waals surface area contributed by atoms with Gasteiger partial charge in [0.2, 0.25) is 5.91 Å². The van der Waals surface area contributed by atoms with E-state index in [4.69, 9.17) is 5.73 Å².